The van der Waals surface area contributed by atoms with E-state index in [1.807, 2.05) is 36.4 Å². The molecule has 1 heterocycles. The van der Waals surface area contributed by atoms with Gasteiger partial charge in [0, 0.05) is 32.6 Å². The maximum absolute atomic E-state index is 13.1. The van der Waals surface area contributed by atoms with Crippen LogP contribution in [0.15, 0.2) is 119 Å². The Kier molecular flexibility index (Phi) is 7.77. The molecule has 0 aliphatic heterocycles. The summed E-state index contributed by atoms with van der Waals surface area (Å²) in [7, 11) is -3.87. The largest absolute Gasteiger partial charge is 0.369 e. The predicted octanol–water partition coefficient (Wildman–Crippen LogP) is 8.76. The average Bonchev–Trinajstić information content (AvgIpc) is 2.96. The maximum atomic E-state index is 13.1. The van der Waals surface area contributed by atoms with Crippen molar-refractivity contribution in [2.24, 2.45) is 0 Å². The summed E-state index contributed by atoms with van der Waals surface area (Å²) < 4.78 is 28.7. The van der Waals surface area contributed by atoms with E-state index in [0.717, 1.165) is 37.7 Å². The summed E-state index contributed by atoms with van der Waals surface area (Å²) in [6.45, 7) is 3.59. The first-order chi connectivity index (χ1) is 20.2. The number of thioether (sulfide) groups is 1. The van der Waals surface area contributed by atoms with Crippen LogP contribution in [0.1, 0.15) is 22.3 Å². The smallest absolute Gasteiger partial charge is 0.264 e. The first kappa shape index (κ1) is 28.0. The highest BCUT2D eigenvalue weighted by Gasteiger charge is 2.21. The van der Waals surface area contributed by atoms with E-state index in [2.05, 4.69) is 62.5 Å². The second-order valence-corrected chi connectivity index (χ2v) is 13.2. The normalized spacial score (nSPS) is 12.4. The second-order valence-electron chi connectivity index (χ2n) is 9.93. The van der Waals surface area contributed by atoms with E-state index in [1.165, 1.54) is 0 Å². The third-order valence-corrected chi connectivity index (χ3v) is 9.54. The number of hydrogen-bond donors (Lipinski definition) is 2. The van der Waals surface area contributed by atoms with Gasteiger partial charge in [0.1, 0.15) is 5.37 Å². The van der Waals surface area contributed by atoms with Gasteiger partial charge >= 0.3 is 0 Å². The van der Waals surface area contributed by atoms with Gasteiger partial charge in [-0.1, -0.05) is 71.9 Å². The quantitative estimate of drug-likeness (QED) is 0.102. The summed E-state index contributed by atoms with van der Waals surface area (Å²) >= 11 is 7.85. The number of aryl methyl sites for hydroxylation is 2. The Bertz CT molecular complexity index is 1940. The van der Waals surface area contributed by atoms with Crippen molar-refractivity contribution in [1.82, 2.24) is 9.97 Å². The summed E-state index contributed by atoms with van der Waals surface area (Å²) in [6.07, 6.45) is 0. The van der Waals surface area contributed by atoms with Crippen LogP contribution in [0.3, 0.4) is 0 Å². The van der Waals surface area contributed by atoms with Gasteiger partial charge < -0.3 is 5.32 Å². The molecule has 6 aromatic rings. The summed E-state index contributed by atoms with van der Waals surface area (Å²) in [5, 5.41) is 8.74. The molecule has 6 nitrogen and oxygen atoms in total. The van der Waals surface area contributed by atoms with Crippen molar-refractivity contribution in [3.05, 3.63) is 131 Å². The number of aromatic nitrogens is 2. The number of sulfonamides is 1. The number of anilines is 2. The van der Waals surface area contributed by atoms with Crippen LogP contribution in [-0.4, -0.2) is 18.4 Å². The minimum Gasteiger partial charge on any atom is -0.369 e. The monoisotopic (exact) mass is 610 g/mol. The summed E-state index contributed by atoms with van der Waals surface area (Å²) in [6, 6.07) is 35.2. The number of nitrogens with one attached hydrogen (secondary N) is 2. The standard InChI is InChI=1S/C33H27ClN4O2S2/c1-21-19-22(2)36-33(35-21)38-42(39,40)28-17-13-26(14-18-28)37-32(41-27-15-11-25(34)12-16-27)31-29-9-5-3-7-23(29)20-24-8-4-6-10-30(24)31/h3-20,32,37H,1-2H3,(H,35,36,38). The highest BCUT2D eigenvalue weighted by Crippen LogP contribution is 2.43. The van der Waals surface area contributed by atoms with Crippen LogP contribution in [0.4, 0.5) is 11.6 Å². The zero-order chi connectivity index (χ0) is 29.3. The van der Waals surface area contributed by atoms with Crippen molar-refractivity contribution in [3.8, 4) is 0 Å². The highest BCUT2D eigenvalue weighted by atomic mass is 35.5. The van der Waals surface area contributed by atoms with Gasteiger partial charge in [-0.3, -0.25) is 0 Å². The number of rotatable bonds is 8. The first-order valence-electron chi connectivity index (χ1n) is 13.3. The summed E-state index contributed by atoms with van der Waals surface area (Å²) in [4.78, 5) is 9.58. The number of nitrogens with zero attached hydrogens (tertiary/aromatic N) is 2. The minimum absolute atomic E-state index is 0.0527. The molecule has 0 aliphatic carbocycles. The van der Waals surface area contributed by atoms with Crippen molar-refractivity contribution < 1.29 is 8.42 Å². The minimum atomic E-state index is -3.87. The SMILES string of the molecule is Cc1cc(C)nc(NS(=O)(=O)c2ccc(NC(Sc3ccc(Cl)cc3)c3c4ccccc4cc4ccccc34)cc2)n1. The van der Waals surface area contributed by atoms with Gasteiger partial charge in [-0.25, -0.2) is 23.1 Å². The summed E-state index contributed by atoms with van der Waals surface area (Å²) in [5.74, 6) is 0.0527. The molecule has 210 valence electrons. The van der Waals surface area contributed by atoms with Crippen LogP contribution >= 0.6 is 23.4 Å². The Balaban J connectivity index is 1.38. The fourth-order valence-electron chi connectivity index (χ4n) is 4.97. The highest BCUT2D eigenvalue weighted by molar-refractivity contribution is 7.99. The van der Waals surface area contributed by atoms with Crippen LogP contribution in [0.25, 0.3) is 21.5 Å². The molecule has 9 heteroatoms. The molecule has 6 rings (SSSR count). The van der Waals surface area contributed by atoms with E-state index in [0.29, 0.717) is 16.4 Å². The lowest BCUT2D eigenvalue weighted by Crippen LogP contribution is -2.16. The van der Waals surface area contributed by atoms with E-state index in [-0.39, 0.29) is 16.2 Å². The molecule has 5 aromatic carbocycles. The van der Waals surface area contributed by atoms with E-state index >= 15 is 0 Å². The lowest BCUT2D eigenvalue weighted by Gasteiger charge is -2.24. The predicted molar refractivity (Wildman–Crippen MR) is 174 cm³/mol. The number of halogens is 1. The average molecular weight is 611 g/mol. The molecule has 0 radical (unpaired) electrons. The van der Waals surface area contributed by atoms with Gasteiger partial charge in [-0.2, -0.15) is 0 Å². The molecule has 1 unspecified atom stereocenters. The van der Waals surface area contributed by atoms with Gasteiger partial charge in [0.2, 0.25) is 5.95 Å². The van der Waals surface area contributed by atoms with E-state index < -0.39 is 10.0 Å². The van der Waals surface area contributed by atoms with Crippen LogP contribution in [-0.2, 0) is 10.0 Å². The Labute approximate surface area is 254 Å². The Morgan fingerprint density at radius 3 is 1.90 bits per heavy atom. The van der Waals surface area contributed by atoms with Gasteiger partial charge in [-0.15, -0.1) is 0 Å². The first-order valence-corrected chi connectivity index (χ1v) is 16.0. The molecule has 0 spiro atoms. The topological polar surface area (TPSA) is 84.0 Å². The van der Waals surface area contributed by atoms with Crippen LogP contribution < -0.4 is 10.0 Å². The molecule has 42 heavy (non-hydrogen) atoms. The van der Waals surface area contributed by atoms with Gasteiger partial charge in [0.05, 0.1) is 4.90 Å². The Hall–Kier alpha value is -4.11. The van der Waals surface area contributed by atoms with Crippen molar-refractivity contribution in [2.45, 2.75) is 29.0 Å². The molecule has 0 saturated heterocycles. The van der Waals surface area contributed by atoms with Crippen LogP contribution in [0, 0.1) is 13.8 Å². The Morgan fingerprint density at radius 2 is 1.31 bits per heavy atom. The van der Waals surface area contributed by atoms with E-state index in [1.54, 1.807) is 55.9 Å². The Morgan fingerprint density at radius 1 is 0.738 bits per heavy atom. The van der Waals surface area contributed by atoms with Crippen molar-refractivity contribution in [2.75, 3.05) is 10.0 Å². The fraction of sp³-hybridized carbons (Fsp3) is 0.0909. The third-order valence-electron chi connectivity index (χ3n) is 6.81. The van der Waals surface area contributed by atoms with E-state index in [9.17, 15) is 8.42 Å². The second kappa shape index (κ2) is 11.6. The molecule has 0 fully saturated rings. The molecule has 2 N–H and O–H groups in total. The van der Waals surface area contributed by atoms with Gasteiger partial charge in [0.25, 0.3) is 10.0 Å². The lowest BCUT2D eigenvalue weighted by molar-refractivity contribution is 0.601. The van der Waals surface area contributed by atoms with Gasteiger partial charge in [0.15, 0.2) is 0 Å². The number of benzene rings is 5. The van der Waals surface area contributed by atoms with Crippen molar-refractivity contribution in [3.63, 3.8) is 0 Å². The van der Waals surface area contributed by atoms with E-state index in [4.69, 9.17) is 11.6 Å². The number of fused-ring (bicyclic) bond motifs is 2. The maximum Gasteiger partial charge on any atom is 0.264 e. The molecule has 0 amide bonds. The van der Waals surface area contributed by atoms with Crippen molar-refractivity contribution >= 4 is 66.6 Å². The fourth-order valence-corrected chi connectivity index (χ4v) is 7.18. The molecule has 0 aliphatic rings. The molecular formula is C33H27ClN4O2S2. The zero-order valence-electron chi connectivity index (χ0n) is 22.9. The molecule has 1 aromatic heterocycles. The zero-order valence-corrected chi connectivity index (χ0v) is 25.3. The third kappa shape index (κ3) is 6.06. The van der Waals surface area contributed by atoms with Crippen molar-refractivity contribution in [1.29, 1.82) is 0 Å². The molecule has 0 saturated carbocycles. The summed E-state index contributed by atoms with van der Waals surface area (Å²) in [5.41, 5.74) is 3.30. The molecule has 1 atom stereocenters. The van der Waals surface area contributed by atoms with Crippen LogP contribution in [0.2, 0.25) is 5.02 Å². The number of hydrogen-bond acceptors (Lipinski definition) is 6. The molecule has 0 bridgehead atoms. The lowest BCUT2D eigenvalue weighted by atomic mass is 9.96. The van der Waals surface area contributed by atoms with Crippen LogP contribution in [0.5, 0.6) is 0 Å². The van der Waals surface area contributed by atoms with Gasteiger partial charge in [-0.05, 0) is 96.1 Å². The molecular weight excluding hydrogens is 584 g/mol.